The first-order valence-electron chi connectivity index (χ1n) is 12.0. The summed E-state index contributed by atoms with van der Waals surface area (Å²) in [5.41, 5.74) is 3.99. The van der Waals surface area contributed by atoms with E-state index in [1.807, 2.05) is 13.8 Å². The summed E-state index contributed by atoms with van der Waals surface area (Å²) in [6.07, 6.45) is -2.95. The third-order valence-corrected chi connectivity index (χ3v) is 6.35. The summed E-state index contributed by atoms with van der Waals surface area (Å²) in [4.78, 5) is 26.1. The lowest BCUT2D eigenvalue weighted by Crippen LogP contribution is -2.38. The van der Waals surface area contributed by atoms with Crippen LogP contribution in [-0.2, 0) is 12.6 Å². The van der Waals surface area contributed by atoms with Crippen LogP contribution in [0.3, 0.4) is 0 Å². The van der Waals surface area contributed by atoms with E-state index in [4.69, 9.17) is 4.98 Å². The van der Waals surface area contributed by atoms with Crippen LogP contribution < -0.4 is 10.2 Å². The third-order valence-electron chi connectivity index (χ3n) is 6.35. The van der Waals surface area contributed by atoms with E-state index in [9.17, 15) is 18.0 Å². The first-order valence-corrected chi connectivity index (χ1v) is 12.0. The Kier molecular flexibility index (Phi) is 7.47. The summed E-state index contributed by atoms with van der Waals surface area (Å²) in [6.45, 7) is 8.29. The fourth-order valence-corrected chi connectivity index (χ4v) is 4.37. The molecule has 1 aromatic heterocycles. The maximum Gasteiger partial charge on any atom is 0.416 e. The molecular formula is C27H30F3N5O. The molecule has 36 heavy (non-hydrogen) atoms. The van der Waals surface area contributed by atoms with Crippen LogP contribution in [-0.4, -0.2) is 47.1 Å². The van der Waals surface area contributed by atoms with Crippen LogP contribution in [0.4, 0.5) is 29.5 Å². The van der Waals surface area contributed by atoms with E-state index in [0.717, 1.165) is 48.6 Å². The van der Waals surface area contributed by atoms with Crippen molar-refractivity contribution in [1.29, 1.82) is 0 Å². The van der Waals surface area contributed by atoms with E-state index in [1.165, 1.54) is 23.3 Å². The molecule has 1 aliphatic rings. The lowest BCUT2D eigenvalue weighted by Gasteiger charge is -2.26. The molecule has 2 aromatic carbocycles. The highest BCUT2D eigenvalue weighted by Gasteiger charge is 2.30. The molecule has 190 valence electrons. The lowest BCUT2D eigenvalue weighted by atomic mass is 10.0. The smallest absolute Gasteiger partial charge is 0.354 e. The zero-order valence-electron chi connectivity index (χ0n) is 20.7. The molecule has 1 N–H and O–H groups in total. The van der Waals surface area contributed by atoms with Crippen molar-refractivity contribution in [2.45, 2.75) is 39.8 Å². The Morgan fingerprint density at radius 3 is 2.28 bits per heavy atom. The number of carbonyl (C=O) groups excluding carboxylic acids is 1. The number of aromatic nitrogens is 2. The summed E-state index contributed by atoms with van der Waals surface area (Å²) in [6, 6.07) is 12.6. The van der Waals surface area contributed by atoms with Crippen molar-refractivity contribution < 1.29 is 18.0 Å². The van der Waals surface area contributed by atoms with Crippen LogP contribution in [0.2, 0.25) is 0 Å². The first kappa shape index (κ1) is 25.5. The van der Waals surface area contributed by atoms with Gasteiger partial charge >= 0.3 is 12.2 Å². The molecule has 0 saturated carbocycles. The highest BCUT2D eigenvalue weighted by molar-refractivity contribution is 5.89. The molecule has 2 heterocycles. The van der Waals surface area contributed by atoms with E-state index in [2.05, 4.69) is 46.4 Å². The van der Waals surface area contributed by atoms with E-state index in [0.29, 0.717) is 31.1 Å². The van der Waals surface area contributed by atoms with Gasteiger partial charge in [0, 0.05) is 49.5 Å². The monoisotopic (exact) mass is 497 g/mol. The number of nitrogens with one attached hydrogen (secondary N) is 1. The summed E-state index contributed by atoms with van der Waals surface area (Å²) < 4.78 is 38.4. The van der Waals surface area contributed by atoms with E-state index < -0.39 is 11.7 Å². The number of hydrogen-bond donors (Lipinski definition) is 1. The number of amides is 2. The van der Waals surface area contributed by atoms with Gasteiger partial charge in [0.15, 0.2) is 0 Å². The fraction of sp³-hybridized carbons (Fsp3) is 0.370. The minimum atomic E-state index is -4.41. The highest BCUT2D eigenvalue weighted by Crippen LogP contribution is 2.30. The molecule has 3 aromatic rings. The maximum absolute atomic E-state index is 12.8. The summed E-state index contributed by atoms with van der Waals surface area (Å²) in [5.74, 6) is 1.60. The van der Waals surface area contributed by atoms with Gasteiger partial charge in [0.05, 0.1) is 5.56 Å². The minimum Gasteiger partial charge on any atom is -0.354 e. The van der Waals surface area contributed by atoms with Gasteiger partial charge in [0.1, 0.15) is 11.6 Å². The van der Waals surface area contributed by atoms with Gasteiger partial charge in [-0.15, -0.1) is 0 Å². The van der Waals surface area contributed by atoms with Gasteiger partial charge < -0.3 is 15.1 Å². The molecule has 6 nitrogen and oxygen atoms in total. The Hall–Kier alpha value is -3.62. The van der Waals surface area contributed by atoms with E-state index >= 15 is 0 Å². The number of anilines is 2. The number of alkyl halides is 3. The minimum absolute atomic E-state index is 0.327. The molecule has 1 saturated heterocycles. The molecule has 0 spiro atoms. The van der Waals surface area contributed by atoms with Crippen molar-refractivity contribution in [3.05, 3.63) is 82.3 Å². The largest absolute Gasteiger partial charge is 0.416 e. The average molecular weight is 498 g/mol. The van der Waals surface area contributed by atoms with Crippen LogP contribution in [0.25, 0.3) is 0 Å². The number of rotatable bonds is 4. The van der Waals surface area contributed by atoms with Gasteiger partial charge in [-0.1, -0.05) is 29.8 Å². The molecule has 9 heteroatoms. The second-order valence-corrected chi connectivity index (χ2v) is 9.15. The highest BCUT2D eigenvalue weighted by atomic mass is 19.4. The number of urea groups is 1. The van der Waals surface area contributed by atoms with Crippen molar-refractivity contribution >= 4 is 17.5 Å². The van der Waals surface area contributed by atoms with Gasteiger partial charge in [-0.2, -0.15) is 13.2 Å². The zero-order valence-corrected chi connectivity index (χ0v) is 20.7. The molecule has 0 radical (unpaired) electrons. The van der Waals surface area contributed by atoms with Crippen molar-refractivity contribution in [2.75, 3.05) is 36.4 Å². The van der Waals surface area contributed by atoms with Gasteiger partial charge in [-0.3, -0.25) is 0 Å². The van der Waals surface area contributed by atoms with E-state index in [1.54, 1.807) is 4.90 Å². The zero-order chi connectivity index (χ0) is 25.9. The van der Waals surface area contributed by atoms with Crippen molar-refractivity contribution in [1.82, 2.24) is 14.9 Å². The quantitative estimate of drug-likeness (QED) is 0.498. The Morgan fingerprint density at radius 1 is 0.917 bits per heavy atom. The molecule has 2 amide bonds. The second kappa shape index (κ2) is 10.6. The number of hydrogen-bond acceptors (Lipinski definition) is 4. The molecule has 0 unspecified atom stereocenters. The van der Waals surface area contributed by atoms with Crippen molar-refractivity contribution in [3.8, 4) is 0 Å². The Balaban J connectivity index is 1.46. The second-order valence-electron chi connectivity index (χ2n) is 9.15. The van der Waals surface area contributed by atoms with Crippen molar-refractivity contribution in [2.24, 2.45) is 0 Å². The molecular weight excluding hydrogens is 467 g/mol. The predicted molar refractivity (Wildman–Crippen MR) is 134 cm³/mol. The van der Waals surface area contributed by atoms with Crippen molar-refractivity contribution in [3.63, 3.8) is 0 Å². The molecule has 1 aliphatic heterocycles. The Labute approximate surface area is 209 Å². The normalized spacial score (nSPS) is 14.5. The first-order chi connectivity index (χ1) is 17.1. The number of nitrogens with zero attached hydrogens (tertiary/aromatic N) is 4. The molecule has 4 rings (SSSR count). The Bertz CT molecular complexity index is 1210. The van der Waals surface area contributed by atoms with Gasteiger partial charge in [0.25, 0.3) is 0 Å². The summed E-state index contributed by atoms with van der Waals surface area (Å²) in [5, 5.41) is 2.71. The molecule has 0 atom stereocenters. The van der Waals surface area contributed by atoms with Crippen LogP contribution in [0.15, 0.2) is 48.5 Å². The summed E-state index contributed by atoms with van der Waals surface area (Å²) in [7, 11) is 0. The predicted octanol–water partition coefficient (Wildman–Crippen LogP) is 5.76. The van der Waals surface area contributed by atoms with Gasteiger partial charge in [0.2, 0.25) is 0 Å². The van der Waals surface area contributed by atoms with Crippen LogP contribution in [0, 0.1) is 20.8 Å². The third kappa shape index (κ3) is 6.13. The topological polar surface area (TPSA) is 61.4 Å². The maximum atomic E-state index is 12.8. The van der Waals surface area contributed by atoms with Gasteiger partial charge in [-0.05, 0) is 57.0 Å². The number of halogens is 3. The number of carbonyl (C=O) groups is 1. The van der Waals surface area contributed by atoms with E-state index in [-0.39, 0.29) is 6.03 Å². The fourth-order valence-electron chi connectivity index (χ4n) is 4.37. The average Bonchev–Trinajstić information content (AvgIpc) is 3.08. The molecule has 0 bridgehead atoms. The lowest BCUT2D eigenvalue weighted by molar-refractivity contribution is -0.137. The van der Waals surface area contributed by atoms with Crippen LogP contribution in [0.5, 0.6) is 0 Å². The Morgan fingerprint density at radius 2 is 1.61 bits per heavy atom. The summed E-state index contributed by atoms with van der Waals surface area (Å²) >= 11 is 0. The number of benzene rings is 2. The number of aryl methyl sites for hydroxylation is 3. The SMILES string of the molecule is Cc1ccc(Cc2c(C)nc(C)nc2N2CCCN(C(=O)Nc3ccc(C(F)(F)F)cc3)CC2)cc1. The molecule has 0 aliphatic carbocycles. The standard InChI is InChI=1S/C27H30F3N5O/c1-18-5-7-21(8-6-18)17-24-19(2)31-20(3)32-25(24)34-13-4-14-35(16-15-34)26(36)33-23-11-9-22(10-12-23)27(28,29)30/h5-12H,4,13-17H2,1-3H3,(H,33,36). The van der Waals surface area contributed by atoms with Crippen LogP contribution in [0.1, 0.15) is 40.2 Å². The van der Waals surface area contributed by atoms with Crippen LogP contribution >= 0.6 is 0 Å². The van der Waals surface area contributed by atoms with Gasteiger partial charge in [-0.25, -0.2) is 14.8 Å². The molecule has 1 fully saturated rings.